The minimum atomic E-state index is -0.968. The third kappa shape index (κ3) is 3.08. The van der Waals surface area contributed by atoms with Crippen LogP contribution in [0.1, 0.15) is 4.88 Å². The first-order chi connectivity index (χ1) is 6.86. The number of thiophene rings is 1. The van der Waals surface area contributed by atoms with Gasteiger partial charge in [0.25, 0.3) is 0 Å². The van der Waals surface area contributed by atoms with E-state index in [-0.39, 0.29) is 0 Å². The second-order valence-electron chi connectivity index (χ2n) is 1.91. The second-order valence-corrected chi connectivity index (χ2v) is 9.63. The fourth-order valence-electron chi connectivity index (χ4n) is 0.743. The Morgan fingerprint density at radius 1 is 1.17 bits per heavy atom. The van der Waals surface area contributed by atoms with Gasteiger partial charge in [0.05, 0.1) is 3.84 Å². The molecular formula is C5H6I3P3S. The average Bonchev–Trinajstić information content (AvgIpc) is 2.42. The summed E-state index contributed by atoms with van der Waals surface area (Å²) in [6.45, 7) is 2.01. The molecule has 1 heterocycles. The van der Waals surface area contributed by atoms with E-state index in [1.165, 1.54) is 0 Å². The van der Waals surface area contributed by atoms with Gasteiger partial charge in [-0.05, 0) is 25.4 Å². The van der Waals surface area contributed by atoms with Gasteiger partial charge in [-0.25, -0.2) is 0 Å². The van der Waals surface area contributed by atoms with E-state index in [1.807, 2.05) is 6.92 Å². The van der Waals surface area contributed by atoms with Crippen molar-refractivity contribution >= 4 is 111 Å². The summed E-state index contributed by atoms with van der Waals surface area (Å²) in [5, 5.41) is 2.07. The fraction of sp³-hybridized carbons (Fsp3) is 0.200. The second kappa shape index (κ2) is 6.70. The Morgan fingerprint density at radius 3 is 2.17 bits per heavy atom. The summed E-state index contributed by atoms with van der Waals surface area (Å²) >= 11 is 8.01. The van der Waals surface area contributed by atoms with Gasteiger partial charge in [0.1, 0.15) is 0 Å². The normalized spacial score (nSPS) is 22.2. The van der Waals surface area contributed by atoms with Crippen LogP contribution in [-0.4, -0.2) is 3.84 Å². The van der Waals surface area contributed by atoms with Gasteiger partial charge in [0, 0.05) is 20.1 Å². The first-order valence-corrected chi connectivity index (χ1v) is 14.7. The smallest absolute Gasteiger partial charge is 0.0748 e. The zero-order chi connectivity index (χ0) is 11.7. The van der Waals surface area contributed by atoms with Crippen molar-refractivity contribution in [1.82, 2.24) is 0 Å². The Morgan fingerprint density at radius 2 is 1.75 bits per heavy atom. The first kappa shape index (κ1) is 9.23. The molecule has 0 N–H and O–H groups in total. The maximum Gasteiger partial charge on any atom is 0.0748 e. The molecule has 0 fully saturated rings. The Kier molecular flexibility index (Phi) is 5.15. The van der Waals surface area contributed by atoms with Crippen molar-refractivity contribution in [3.63, 3.8) is 0 Å². The lowest BCUT2D eigenvalue weighted by Gasteiger charge is -1.98. The number of aryl methyl sites for hydroxylation is 1. The summed E-state index contributed by atoms with van der Waals surface area (Å²) in [5.41, 5.74) is 0. The van der Waals surface area contributed by atoms with Crippen LogP contribution in [-0.2, 0) is 0 Å². The Labute approximate surface area is 125 Å². The fourth-order valence-corrected chi connectivity index (χ4v) is 12.3. The van der Waals surface area contributed by atoms with Crippen LogP contribution in [0.25, 0.3) is 0 Å². The minimum absolute atomic E-state index is 0.915. The van der Waals surface area contributed by atoms with Crippen LogP contribution >= 0.6 is 96.0 Å². The third-order valence-electron chi connectivity index (χ3n) is 1.26. The Hall–Kier alpha value is 3.18. The van der Waals surface area contributed by atoms with Crippen LogP contribution in [0.15, 0.2) is 0 Å². The van der Waals surface area contributed by atoms with Crippen LogP contribution in [0.2, 0.25) is 0 Å². The highest BCUT2D eigenvalue weighted by atomic mass is 127. The van der Waals surface area contributed by atoms with Crippen LogP contribution in [0, 0.1) is 6.92 Å². The van der Waals surface area contributed by atoms with Crippen molar-refractivity contribution in [2.24, 2.45) is 0 Å². The molecule has 1 rings (SSSR count). The van der Waals surface area contributed by atoms with Crippen LogP contribution in [0.4, 0.5) is 0 Å². The molecule has 0 aliphatic heterocycles. The third-order valence-corrected chi connectivity index (χ3v) is 10.4. The van der Waals surface area contributed by atoms with Gasteiger partial charge in [0.15, 0.2) is 0 Å². The maximum atomic E-state index is 7.91. The van der Waals surface area contributed by atoms with Gasteiger partial charge in [-0.1, -0.05) is 66.1 Å². The summed E-state index contributed by atoms with van der Waals surface area (Å²) in [4.78, 5) is 1.14. The monoisotopic (exact) mass is 575 g/mol. The summed E-state index contributed by atoms with van der Waals surface area (Å²) < 4.78 is 24.7. The van der Waals surface area contributed by atoms with E-state index in [4.69, 9.17) is 3.84 Å². The van der Waals surface area contributed by atoms with Crippen molar-refractivity contribution in [1.29, 1.82) is 3.84 Å². The quantitative estimate of drug-likeness (QED) is 0.378. The summed E-state index contributed by atoms with van der Waals surface area (Å²) in [5.74, 6) is 0. The zero-order valence-electron chi connectivity index (χ0n) is 8.88. The van der Waals surface area contributed by atoms with Gasteiger partial charge in [-0.2, -0.15) is 0 Å². The molecule has 1 aromatic heterocycles. The molecule has 3 atom stereocenters. The molecule has 68 valence electrons. The van der Waals surface area contributed by atoms with Crippen molar-refractivity contribution in [2.75, 3.05) is 0 Å². The molecule has 0 nitrogen and oxygen atoms in total. The van der Waals surface area contributed by atoms with E-state index in [9.17, 15) is 0 Å². The van der Waals surface area contributed by atoms with Crippen LogP contribution < -0.4 is 15.2 Å². The van der Waals surface area contributed by atoms with Crippen molar-refractivity contribution in [3.8, 4) is 0 Å². The van der Waals surface area contributed by atoms with E-state index in [0.717, 1.165) is 20.1 Å². The standard InChI is InChI=1S/C5H6I3P3S/c1-2-3(9-6)4(10-7)5(11-8)12-2/h9-11H,1H3/i9D,10D,11D. The van der Waals surface area contributed by atoms with Gasteiger partial charge in [-0.3, -0.25) is 0 Å². The molecular weight excluding hydrogens is 566 g/mol. The predicted molar refractivity (Wildman–Crippen MR) is 95.0 cm³/mol. The van der Waals surface area contributed by atoms with Crippen LogP contribution in [0.5, 0.6) is 0 Å². The van der Waals surface area contributed by atoms with Crippen LogP contribution in [0.3, 0.4) is 0 Å². The molecule has 3 unspecified atom stereocenters. The highest BCUT2D eigenvalue weighted by molar-refractivity contribution is 14.2. The average molecular weight is 575 g/mol. The van der Waals surface area contributed by atoms with E-state index in [1.54, 1.807) is 11.3 Å². The zero-order valence-corrected chi connectivity index (χ0v) is 15.9. The molecule has 0 aliphatic carbocycles. The van der Waals surface area contributed by atoms with Gasteiger partial charge < -0.3 is 0 Å². The minimum Gasteiger partial charge on any atom is -0.139 e. The molecule has 7 heteroatoms. The molecule has 0 saturated carbocycles. The Balaban J connectivity index is 3.38. The molecule has 0 spiro atoms. The van der Waals surface area contributed by atoms with Gasteiger partial charge in [0.2, 0.25) is 0 Å². The lowest BCUT2D eigenvalue weighted by atomic mass is 10.5. The number of rotatable bonds is 3. The molecule has 0 aliphatic rings. The van der Waals surface area contributed by atoms with Gasteiger partial charge in [-0.15, -0.1) is 11.3 Å². The molecule has 0 radical (unpaired) electrons. The molecule has 1 aromatic rings. The van der Waals surface area contributed by atoms with Crippen molar-refractivity contribution in [2.45, 2.75) is 6.92 Å². The Bertz CT molecular complexity index is 357. The highest BCUT2D eigenvalue weighted by Gasteiger charge is 2.12. The molecule has 0 saturated heterocycles. The lowest BCUT2D eigenvalue weighted by molar-refractivity contribution is 1.70. The van der Waals surface area contributed by atoms with E-state index < -0.39 is 18.5 Å². The summed E-state index contributed by atoms with van der Waals surface area (Å²) in [6, 6.07) is 0. The number of halogens is 3. The lowest BCUT2D eigenvalue weighted by Crippen LogP contribution is -2.18. The van der Waals surface area contributed by atoms with Crippen molar-refractivity contribution < 1.29 is 0 Å². The topological polar surface area (TPSA) is 0 Å². The largest absolute Gasteiger partial charge is 0.139 e. The van der Waals surface area contributed by atoms with Gasteiger partial charge >= 0.3 is 0 Å². The number of hydrogen-bond donors (Lipinski definition) is 0. The molecule has 0 amide bonds. The van der Waals surface area contributed by atoms with E-state index in [2.05, 4.69) is 66.1 Å². The molecule has 12 heavy (non-hydrogen) atoms. The molecule has 0 aromatic carbocycles. The SMILES string of the molecule is [2H]P(I)c1sc(C)c(P([2H])I)c1P([2H])I. The van der Waals surface area contributed by atoms with E-state index in [0.29, 0.717) is 0 Å². The maximum absolute atomic E-state index is 7.91. The summed E-state index contributed by atoms with van der Waals surface area (Å²) in [6.07, 6.45) is -2.81. The predicted octanol–water partition coefficient (Wildman–Crippen LogP) is 4.02. The first-order valence-electron chi connectivity index (χ1n) is 4.18. The highest BCUT2D eigenvalue weighted by Crippen LogP contribution is 2.34. The van der Waals surface area contributed by atoms with Crippen molar-refractivity contribution in [3.05, 3.63) is 4.88 Å². The van der Waals surface area contributed by atoms with E-state index >= 15 is 0 Å². The number of hydrogen-bond acceptors (Lipinski definition) is 1. The summed E-state index contributed by atoms with van der Waals surface area (Å²) in [7, 11) is 0. The molecule has 0 bridgehead atoms.